The van der Waals surface area contributed by atoms with Gasteiger partial charge in [0, 0.05) is 18.6 Å². The van der Waals surface area contributed by atoms with Crippen LogP contribution in [0.15, 0.2) is 18.2 Å². The molecule has 2 atom stereocenters. The highest BCUT2D eigenvalue weighted by Gasteiger charge is 2.26. The Kier molecular flexibility index (Phi) is 4.37. The number of halogens is 2. The molecule has 2 nitrogen and oxygen atoms in total. The molecule has 1 N–H and O–H groups in total. The zero-order chi connectivity index (χ0) is 12.3. The van der Waals surface area contributed by atoms with Gasteiger partial charge in [0.05, 0.1) is 11.6 Å². The Hall–Kier alpha value is -0.640. The third-order valence-corrected chi connectivity index (χ3v) is 3.69. The van der Waals surface area contributed by atoms with Gasteiger partial charge in [-0.1, -0.05) is 23.7 Å². The highest BCUT2D eigenvalue weighted by Crippen LogP contribution is 2.33. The van der Waals surface area contributed by atoms with Crippen molar-refractivity contribution in [2.75, 3.05) is 20.3 Å². The van der Waals surface area contributed by atoms with Gasteiger partial charge in [-0.15, -0.1) is 0 Å². The maximum atomic E-state index is 13.5. The summed E-state index contributed by atoms with van der Waals surface area (Å²) >= 11 is 6.03. The Morgan fingerprint density at radius 3 is 3.00 bits per heavy atom. The number of hydrogen-bond donors (Lipinski definition) is 1. The highest BCUT2D eigenvalue weighted by atomic mass is 35.5. The molecule has 0 saturated carbocycles. The van der Waals surface area contributed by atoms with Crippen LogP contribution in [0.25, 0.3) is 0 Å². The van der Waals surface area contributed by atoms with Crippen molar-refractivity contribution in [3.63, 3.8) is 0 Å². The normalized spacial score (nSPS) is 22.4. The Labute approximate surface area is 106 Å². The van der Waals surface area contributed by atoms with Gasteiger partial charge in [0.1, 0.15) is 5.82 Å². The van der Waals surface area contributed by atoms with Crippen molar-refractivity contribution in [3.05, 3.63) is 34.6 Å². The molecule has 0 bridgehead atoms. The molecule has 0 aromatic heterocycles. The Morgan fingerprint density at radius 1 is 1.53 bits per heavy atom. The van der Waals surface area contributed by atoms with Crippen molar-refractivity contribution in [2.45, 2.75) is 18.9 Å². The van der Waals surface area contributed by atoms with Crippen LogP contribution in [-0.2, 0) is 4.74 Å². The van der Waals surface area contributed by atoms with E-state index >= 15 is 0 Å². The average molecular weight is 258 g/mol. The van der Waals surface area contributed by atoms with Crippen LogP contribution in [0, 0.1) is 11.7 Å². The second kappa shape index (κ2) is 5.80. The first-order valence-corrected chi connectivity index (χ1v) is 6.30. The van der Waals surface area contributed by atoms with Crippen molar-refractivity contribution >= 4 is 11.6 Å². The molecule has 2 rings (SSSR count). The van der Waals surface area contributed by atoms with Gasteiger partial charge >= 0.3 is 0 Å². The zero-order valence-corrected chi connectivity index (χ0v) is 10.6. The lowest BCUT2D eigenvalue weighted by molar-refractivity contribution is 0.0402. The lowest BCUT2D eigenvalue weighted by Crippen LogP contribution is -2.31. The molecule has 2 unspecified atom stereocenters. The molecule has 1 aromatic rings. The minimum absolute atomic E-state index is 0.0542. The number of rotatable bonds is 3. The molecule has 1 fully saturated rings. The highest BCUT2D eigenvalue weighted by molar-refractivity contribution is 6.31. The SMILES string of the molecule is CNC(c1cccc(F)c1Cl)C1CCCOC1. The van der Waals surface area contributed by atoms with E-state index in [1.807, 2.05) is 13.1 Å². The third-order valence-electron chi connectivity index (χ3n) is 3.29. The predicted octanol–water partition coefficient (Wildman–Crippen LogP) is 3.17. The molecule has 17 heavy (non-hydrogen) atoms. The van der Waals surface area contributed by atoms with Crippen LogP contribution in [0.5, 0.6) is 0 Å². The van der Waals surface area contributed by atoms with Crippen LogP contribution >= 0.6 is 11.6 Å². The molecule has 4 heteroatoms. The number of benzene rings is 1. The molecule has 0 amide bonds. The molecule has 0 aliphatic carbocycles. The smallest absolute Gasteiger partial charge is 0.142 e. The minimum atomic E-state index is -0.360. The summed E-state index contributed by atoms with van der Waals surface area (Å²) in [6.07, 6.45) is 2.13. The van der Waals surface area contributed by atoms with Crippen LogP contribution < -0.4 is 5.32 Å². The first kappa shape index (κ1) is 12.8. The summed E-state index contributed by atoms with van der Waals surface area (Å²) in [4.78, 5) is 0. The first-order chi connectivity index (χ1) is 8.24. The van der Waals surface area contributed by atoms with Gasteiger partial charge in [-0.05, 0) is 31.5 Å². The first-order valence-electron chi connectivity index (χ1n) is 5.93. The van der Waals surface area contributed by atoms with Gasteiger partial charge in [0.15, 0.2) is 0 Å². The van der Waals surface area contributed by atoms with E-state index in [2.05, 4.69) is 5.32 Å². The summed E-state index contributed by atoms with van der Waals surface area (Å²) in [6.45, 7) is 1.53. The topological polar surface area (TPSA) is 21.3 Å². The van der Waals surface area contributed by atoms with E-state index in [1.165, 1.54) is 6.07 Å². The van der Waals surface area contributed by atoms with Gasteiger partial charge in [-0.3, -0.25) is 0 Å². The van der Waals surface area contributed by atoms with Crippen molar-refractivity contribution in [1.82, 2.24) is 5.32 Å². The maximum absolute atomic E-state index is 13.5. The van der Waals surface area contributed by atoms with Crippen molar-refractivity contribution < 1.29 is 9.13 Å². The summed E-state index contributed by atoms with van der Waals surface area (Å²) < 4.78 is 18.9. The van der Waals surface area contributed by atoms with E-state index in [1.54, 1.807) is 6.07 Å². The fourth-order valence-electron chi connectivity index (χ4n) is 2.43. The predicted molar refractivity (Wildman–Crippen MR) is 66.8 cm³/mol. The number of nitrogens with one attached hydrogen (secondary N) is 1. The van der Waals surface area contributed by atoms with E-state index in [4.69, 9.17) is 16.3 Å². The van der Waals surface area contributed by atoms with Crippen molar-refractivity contribution in [1.29, 1.82) is 0 Å². The second-order valence-electron chi connectivity index (χ2n) is 4.39. The van der Waals surface area contributed by atoms with Gasteiger partial charge in [0.2, 0.25) is 0 Å². The molecule has 1 aromatic carbocycles. The fraction of sp³-hybridized carbons (Fsp3) is 0.538. The lowest BCUT2D eigenvalue weighted by atomic mass is 9.89. The molecule has 1 aliphatic rings. The molecule has 1 saturated heterocycles. The van der Waals surface area contributed by atoms with E-state index in [0.29, 0.717) is 12.5 Å². The summed E-state index contributed by atoms with van der Waals surface area (Å²) in [5.41, 5.74) is 0.824. The second-order valence-corrected chi connectivity index (χ2v) is 4.76. The molecule has 1 aliphatic heterocycles. The molecule has 94 valence electrons. The monoisotopic (exact) mass is 257 g/mol. The molecule has 1 heterocycles. The summed E-state index contributed by atoms with van der Waals surface area (Å²) in [5.74, 6) is -0.00538. The van der Waals surface area contributed by atoms with Gasteiger partial charge in [0.25, 0.3) is 0 Å². The minimum Gasteiger partial charge on any atom is -0.381 e. The number of hydrogen-bond acceptors (Lipinski definition) is 2. The average Bonchev–Trinajstić information content (AvgIpc) is 2.37. The van der Waals surface area contributed by atoms with Crippen LogP contribution in [0.3, 0.4) is 0 Å². The third kappa shape index (κ3) is 2.79. The van der Waals surface area contributed by atoms with E-state index in [9.17, 15) is 4.39 Å². The fourth-order valence-corrected chi connectivity index (χ4v) is 2.68. The lowest BCUT2D eigenvalue weighted by Gasteiger charge is -2.30. The van der Waals surface area contributed by atoms with Crippen molar-refractivity contribution in [2.24, 2.45) is 5.92 Å². The van der Waals surface area contributed by atoms with Gasteiger partial charge < -0.3 is 10.1 Å². The maximum Gasteiger partial charge on any atom is 0.142 e. The van der Waals surface area contributed by atoms with E-state index in [-0.39, 0.29) is 16.9 Å². The Bertz CT molecular complexity index is 380. The summed E-state index contributed by atoms with van der Waals surface area (Å²) in [5, 5.41) is 3.44. The Balaban J connectivity index is 2.24. The number of ether oxygens (including phenoxy) is 1. The van der Waals surface area contributed by atoms with Crippen LogP contribution in [0.4, 0.5) is 4.39 Å². The summed E-state index contributed by atoms with van der Waals surface area (Å²) in [6, 6.07) is 5.01. The molecule has 0 radical (unpaired) electrons. The van der Waals surface area contributed by atoms with Crippen LogP contribution in [0.2, 0.25) is 5.02 Å². The standard InChI is InChI=1S/C13H17ClFNO/c1-16-13(9-4-3-7-17-8-9)10-5-2-6-11(15)12(10)14/h2,5-6,9,13,16H,3-4,7-8H2,1H3. The van der Waals surface area contributed by atoms with Crippen molar-refractivity contribution in [3.8, 4) is 0 Å². The largest absolute Gasteiger partial charge is 0.381 e. The van der Waals surface area contributed by atoms with Crippen LogP contribution in [0.1, 0.15) is 24.4 Å². The molecular weight excluding hydrogens is 241 g/mol. The quantitative estimate of drug-likeness (QED) is 0.898. The Morgan fingerprint density at radius 2 is 2.35 bits per heavy atom. The van der Waals surface area contributed by atoms with E-state index in [0.717, 1.165) is 25.0 Å². The molecular formula is C13H17ClFNO. The zero-order valence-electron chi connectivity index (χ0n) is 9.88. The van der Waals surface area contributed by atoms with Gasteiger partial charge in [-0.2, -0.15) is 0 Å². The summed E-state index contributed by atoms with van der Waals surface area (Å²) in [7, 11) is 1.88. The molecule has 0 spiro atoms. The van der Waals surface area contributed by atoms with E-state index < -0.39 is 0 Å². The van der Waals surface area contributed by atoms with Crippen LogP contribution in [-0.4, -0.2) is 20.3 Å². The van der Waals surface area contributed by atoms with Gasteiger partial charge in [-0.25, -0.2) is 4.39 Å².